The lowest BCUT2D eigenvalue weighted by atomic mass is 10.1. The number of nitrogens with one attached hydrogen (secondary N) is 1. The van der Waals surface area contributed by atoms with Crippen molar-refractivity contribution in [3.05, 3.63) is 69.3 Å². The first-order valence-electron chi connectivity index (χ1n) is 9.12. The van der Waals surface area contributed by atoms with Crippen LogP contribution in [0.2, 0.25) is 0 Å². The number of amides is 1. The van der Waals surface area contributed by atoms with Crippen molar-refractivity contribution in [1.82, 2.24) is 5.32 Å². The molecule has 1 heterocycles. The van der Waals surface area contributed by atoms with Gasteiger partial charge in [0, 0.05) is 42.3 Å². The second kappa shape index (κ2) is 8.56. The van der Waals surface area contributed by atoms with Crippen molar-refractivity contribution < 1.29 is 19.2 Å². The van der Waals surface area contributed by atoms with Crippen molar-refractivity contribution in [2.45, 2.75) is 32.9 Å². The van der Waals surface area contributed by atoms with Crippen LogP contribution in [0.15, 0.2) is 42.5 Å². The van der Waals surface area contributed by atoms with E-state index in [2.05, 4.69) is 5.32 Å². The maximum absolute atomic E-state index is 12.1. The molecule has 1 atom stereocenters. The summed E-state index contributed by atoms with van der Waals surface area (Å²) in [4.78, 5) is 22.4. The summed E-state index contributed by atoms with van der Waals surface area (Å²) in [5.74, 6) is 1.27. The van der Waals surface area contributed by atoms with Gasteiger partial charge in [0.05, 0.1) is 11.5 Å². The normalized spacial score (nSPS) is 15.1. The fourth-order valence-electron chi connectivity index (χ4n) is 3.01. The Morgan fingerprint density at radius 1 is 1.36 bits per heavy atom. The van der Waals surface area contributed by atoms with Crippen molar-refractivity contribution in [2.24, 2.45) is 0 Å². The minimum atomic E-state index is -0.456. The Morgan fingerprint density at radius 3 is 2.79 bits per heavy atom. The van der Waals surface area contributed by atoms with Crippen molar-refractivity contribution in [2.75, 3.05) is 6.61 Å². The molecule has 0 fully saturated rings. The van der Waals surface area contributed by atoms with Crippen LogP contribution in [0.25, 0.3) is 6.08 Å². The average Bonchev–Trinajstić information content (AvgIpc) is 3.03. The van der Waals surface area contributed by atoms with E-state index in [-0.39, 0.29) is 24.2 Å². The molecule has 0 aliphatic carbocycles. The number of nitrogens with zero attached hydrogens (tertiary/aromatic N) is 1. The molecule has 7 nitrogen and oxygen atoms in total. The van der Waals surface area contributed by atoms with Crippen LogP contribution in [-0.2, 0) is 17.8 Å². The molecular formula is C21H22N2O5. The van der Waals surface area contributed by atoms with E-state index in [1.165, 1.54) is 18.2 Å². The van der Waals surface area contributed by atoms with Gasteiger partial charge in [-0.2, -0.15) is 0 Å². The molecule has 0 radical (unpaired) electrons. The zero-order valence-corrected chi connectivity index (χ0v) is 15.8. The number of rotatable bonds is 7. The van der Waals surface area contributed by atoms with Gasteiger partial charge in [0.2, 0.25) is 5.91 Å². The molecule has 0 saturated carbocycles. The van der Waals surface area contributed by atoms with Gasteiger partial charge in [-0.3, -0.25) is 14.9 Å². The predicted octanol–water partition coefficient (Wildman–Crippen LogP) is 3.65. The van der Waals surface area contributed by atoms with Crippen molar-refractivity contribution in [3.63, 3.8) is 0 Å². The van der Waals surface area contributed by atoms with Crippen molar-refractivity contribution in [1.29, 1.82) is 0 Å². The fraction of sp³-hybridized carbons (Fsp3) is 0.286. The van der Waals surface area contributed by atoms with Crippen LogP contribution in [0, 0.1) is 10.1 Å². The summed E-state index contributed by atoms with van der Waals surface area (Å²) in [5, 5.41) is 13.4. The lowest BCUT2D eigenvalue weighted by molar-refractivity contribution is -0.384. The highest BCUT2D eigenvalue weighted by atomic mass is 16.6. The van der Waals surface area contributed by atoms with Crippen LogP contribution >= 0.6 is 0 Å². The highest BCUT2D eigenvalue weighted by Crippen LogP contribution is 2.35. The Bertz CT molecular complexity index is 906. The molecular weight excluding hydrogens is 360 g/mol. The SMILES string of the molecule is CCOc1cc2c(cc1/C=C/C(=O)NCc1ccc([N+](=O)[O-])cc1)OC(C)C2. The van der Waals surface area contributed by atoms with Gasteiger partial charge in [0.25, 0.3) is 5.69 Å². The Morgan fingerprint density at radius 2 is 2.11 bits per heavy atom. The largest absolute Gasteiger partial charge is 0.493 e. The number of nitro benzene ring substituents is 1. The summed E-state index contributed by atoms with van der Waals surface area (Å²) >= 11 is 0. The number of benzene rings is 2. The molecule has 0 spiro atoms. The molecule has 2 aromatic rings. The second-order valence-electron chi connectivity index (χ2n) is 6.54. The Kier molecular flexibility index (Phi) is 5.93. The summed E-state index contributed by atoms with van der Waals surface area (Å²) in [5.41, 5.74) is 2.68. The quantitative estimate of drug-likeness (QED) is 0.448. The monoisotopic (exact) mass is 382 g/mol. The summed E-state index contributed by atoms with van der Waals surface area (Å²) in [7, 11) is 0. The van der Waals surface area contributed by atoms with Gasteiger partial charge in [-0.25, -0.2) is 0 Å². The van der Waals surface area contributed by atoms with Gasteiger partial charge in [0.1, 0.15) is 17.6 Å². The van der Waals surface area contributed by atoms with Gasteiger partial charge in [0.15, 0.2) is 0 Å². The molecule has 1 amide bonds. The minimum absolute atomic E-state index is 0.0200. The highest BCUT2D eigenvalue weighted by Gasteiger charge is 2.21. The Hall–Kier alpha value is -3.35. The molecule has 1 aliphatic heterocycles. The zero-order valence-electron chi connectivity index (χ0n) is 15.8. The standard InChI is InChI=1S/C21H22N2O5/c1-3-27-19-12-17-10-14(2)28-20(17)11-16(19)6-9-21(24)22-13-15-4-7-18(8-5-15)23(25)26/h4-9,11-12,14H,3,10,13H2,1-2H3,(H,22,24)/b9-6+. The number of non-ortho nitro benzene ring substituents is 1. The number of hydrogen-bond donors (Lipinski definition) is 1. The van der Waals surface area contributed by atoms with E-state index in [4.69, 9.17) is 9.47 Å². The average molecular weight is 382 g/mol. The molecule has 1 N–H and O–H groups in total. The summed E-state index contributed by atoms with van der Waals surface area (Å²) in [6.07, 6.45) is 4.11. The number of carbonyl (C=O) groups excluding carboxylic acids is 1. The van der Waals surface area contributed by atoms with E-state index in [1.807, 2.05) is 26.0 Å². The molecule has 0 bridgehead atoms. The molecule has 146 valence electrons. The number of fused-ring (bicyclic) bond motifs is 1. The molecule has 3 rings (SSSR count). The van der Waals surface area contributed by atoms with Gasteiger partial charge in [-0.05, 0) is 37.6 Å². The smallest absolute Gasteiger partial charge is 0.269 e. The lowest BCUT2D eigenvalue weighted by Gasteiger charge is -2.10. The number of hydrogen-bond acceptors (Lipinski definition) is 5. The molecule has 1 aliphatic rings. The van der Waals surface area contributed by atoms with Crippen molar-refractivity contribution >= 4 is 17.7 Å². The maximum atomic E-state index is 12.1. The molecule has 0 aromatic heterocycles. The zero-order chi connectivity index (χ0) is 20.1. The van der Waals surface area contributed by atoms with Crippen LogP contribution in [0.1, 0.15) is 30.5 Å². The van der Waals surface area contributed by atoms with E-state index in [9.17, 15) is 14.9 Å². The first kappa shape index (κ1) is 19.4. The van der Waals surface area contributed by atoms with E-state index in [0.29, 0.717) is 6.61 Å². The topological polar surface area (TPSA) is 90.7 Å². The molecule has 2 aromatic carbocycles. The summed E-state index contributed by atoms with van der Waals surface area (Å²) < 4.78 is 11.5. The number of ether oxygens (including phenoxy) is 2. The molecule has 7 heteroatoms. The highest BCUT2D eigenvalue weighted by molar-refractivity contribution is 5.92. The van der Waals surface area contributed by atoms with Gasteiger partial charge in [-0.1, -0.05) is 12.1 Å². The van der Waals surface area contributed by atoms with Crippen LogP contribution in [-0.4, -0.2) is 23.5 Å². The predicted molar refractivity (Wildman–Crippen MR) is 105 cm³/mol. The van der Waals surface area contributed by atoms with Crippen LogP contribution in [0.4, 0.5) is 5.69 Å². The minimum Gasteiger partial charge on any atom is -0.493 e. The summed E-state index contributed by atoms with van der Waals surface area (Å²) in [6.45, 7) is 4.74. The number of carbonyl (C=O) groups is 1. The van der Waals surface area contributed by atoms with E-state index in [0.717, 1.165) is 34.6 Å². The molecule has 0 saturated heterocycles. The van der Waals surface area contributed by atoms with Gasteiger partial charge < -0.3 is 14.8 Å². The third-order valence-electron chi connectivity index (χ3n) is 4.36. The van der Waals surface area contributed by atoms with Crippen LogP contribution in [0.5, 0.6) is 11.5 Å². The first-order chi connectivity index (χ1) is 13.5. The molecule has 1 unspecified atom stereocenters. The van der Waals surface area contributed by atoms with Crippen LogP contribution < -0.4 is 14.8 Å². The fourth-order valence-corrected chi connectivity index (χ4v) is 3.01. The molecule has 28 heavy (non-hydrogen) atoms. The van der Waals surface area contributed by atoms with Crippen LogP contribution in [0.3, 0.4) is 0 Å². The van der Waals surface area contributed by atoms with E-state index in [1.54, 1.807) is 18.2 Å². The third-order valence-corrected chi connectivity index (χ3v) is 4.36. The maximum Gasteiger partial charge on any atom is 0.269 e. The van der Waals surface area contributed by atoms with E-state index >= 15 is 0 Å². The Balaban J connectivity index is 1.65. The lowest BCUT2D eigenvalue weighted by Crippen LogP contribution is -2.20. The second-order valence-corrected chi connectivity index (χ2v) is 6.54. The Labute approximate surface area is 163 Å². The first-order valence-corrected chi connectivity index (χ1v) is 9.12. The van der Waals surface area contributed by atoms with Gasteiger partial charge in [-0.15, -0.1) is 0 Å². The van der Waals surface area contributed by atoms with Gasteiger partial charge >= 0.3 is 0 Å². The van der Waals surface area contributed by atoms with E-state index < -0.39 is 4.92 Å². The third kappa shape index (κ3) is 4.68. The summed E-state index contributed by atoms with van der Waals surface area (Å²) in [6, 6.07) is 9.93. The van der Waals surface area contributed by atoms with Crippen molar-refractivity contribution in [3.8, 4) is 11.5 Å². The number of nitro groups is 1.